The van der Waals surface area contributed by atoms with Crippen molar-refractivity contribution < 1.29 is 4.74 Å². The molecule has 0 bridgehead atoms. The van der Waals surface area contributed by atoms with E-state index in [0.29, 0.717) is 6.54 Å². The van der Waals surface area contributed by atoms with Crippen LogP contribution in [0.4, 0.5) is 0 Å². The van der Waals surface area contributed by atoms with Crippen molar-refractivity contribution in [3.63, 3.8) is 0 Å². The Labute approximate surface area is 103 Å². The number of hydrogen-bond acceptors (Lipinski definition) is 4. The minimum Gasteiger partial charge on any atom is -0.496 e. The van der Waals surface area contributed by atoms with Gasteiger partial charge >= 0.3 is 0 Å². The molecule has 94 valence electrons. The summed E-state index contributed by atoms with van der Waals surface area (Å²) in [6, 6.07) is 6.34. The first-order valence-corrected chi connectivity index (χ1v) is 6.15. The van der Waals surface area contributed by atoms with Crippen LogP contribution >= 0.6 is 0 Å². The molecule has 1 aromatic rings. The molecule has 0 spiro atoms. The lowest BCUT2D eigenvalue weighted by Crippen LogP contribution is -2.22. The lowest BCUT2D eigenvalue weighted by Gasteiger charge is -2.16. The molecule has 0 saturated carbocycles. The molecule has 1 aromatic carbocycles. The summed E-state index contributed by atoms with van der Waals surface area (Å²) in [4.78, 5) is 2.49. The molecular formula is C13H21N3O. The van der Waals surface area contributed by atoms with E-state index in [4.69, 9.17) is 10.6 Å². The second kappa shape index (κ2) is 6.00. The Kier molecular flexibility index (Phi) is 4.36. The second-order valence-electron chi connectivity index (χ2n) is 4.51. The van der Waals surface area contributed by atoms with Gasteiger partial charge in [0, 0.05) is 18.7 Å². The SMILES string of the molecule is COc1ccc(CN2CCCC2)cc1CNN. The minimum atomic E-state index is 0.636. The fraction of sp³-hybridized carbons (Fsp3) is 0.538. The van der Waals surface area contributed by atoms with Crippen molar-refractivity contribution >= 4 is 0 Å². The van der Waals surface area contributed by atoms with Crippen LogP contribution in [0.2, 0.25) is 0 Å². The molecule has 0 radical (unpaired) electrons. The van der Waals surface area contributed by atoms with Gasteiger partial charge in [-0.2, -0.15) is 0 Å². The molecule has 3 N–H and O–H groups in total. The highest BCUT2D eigenvalue weighted by molar-refractivity contribution is 5.37. The molecular weight excluding hydrogens is 214 g/mol. The van der Waals surface area contributed by atoms with Gasteiger partial charge in [0.1, 0.15) is 5.75 Å². The number of benzene rings is 1. The number of rotatable bonds is 5. The smallest absolute Gasteiger partial charge is 0.123 e. The van der Waals surface area contributed by atoms with E-state index in [2.05, 4.69) is 22.5 Å². The molecule has 4 nitrogen and oxygen atoms in total. The van der Waals surface area contributed by atoms with Crippen molar-refractivity contribution in [3.05, 3.63) is 29.3 Å². The predicted molar refractivity (Wildman–Crippen MR) is 68.5 cm³/mol. The van der Waals surface area contributed by atoms with Crippen molar-refractivity contribution in [2.75, 3.05) is 20.2 Å². The third-order valence-electron chi connectivity index (χ3n) is 3.24. The van der Waals surface area contributed by atoms with E-state index < -0.39 is 0 Å². The van der Waals surface area contributed by atoms with Gasteiger partial charge in [-0.05, 0) is 43.6 Å². The van der Waals surface area contributed by atoms with E-state index in [1.54, 1.807) is 7.11 Å². The number of ether oxygens (including phenoxy) is 1. The van der Waals surface area contributed by atoms with Crippen LogP contribution in [0.5, 0.6) is 5.75 Å². The average Bonchev–Trinajstić information content (AvgIpc) is 2.83. The van der Waals surface area contributed by atoms with Gasteiger partial charge in [-0.15, -0.1) is 0 Å². The molecule has 0 aromatic heterocycles. The number of hydrazine groups is 1. The van der Waals surface area contributed by atoms with Crippen LogP contribution in [0.1, 0.15) is 24.0 Å². The Balaban J connectivity index is 2.08. The zero-order valence-corrected chi connectivity index (χ0v) is 10.4. The first-order valence-electron chi connectivity index (χ1n) is 6.15. The highest BCUT2D eigenvalue weighted by Crippen LogP contribution is 2.21. The highest BCUT2D eigenvalue weighted by Gasteiger charge is 2.12. The predicted octanol–water partition coefficient (Wildman–Crippen LogP) is 1.25. The molecule has 1 saturated heterocycles. The van der Waals surface area contributed by atoms with Crippen LogP contribution in [-0.4, -0.2) is 25.1 Å². The first-order chi connectivity index (χ1) is 8.33. The lowest BCUT2D eigenvalue weighted by atomic mass is 10.1. The zero-order valence-electron chi connectivity index (χ0n) is 10.4. The number of likely N-dealkylation sites (tertiary alicyclic amines) is 1. The zero-order chi connectivity index (χ0) is 12.1. The summed E-state index contributed by atoms with van der Waals surface area (Å²) < 4.78 is 5.31. The molecule has 1 heterocycles. The molecule has 4 heteroatoms. The van der Waals surface area contributed by atoms with Crippen LogP contribution in [0, 0.1) is 0 Å². The maximum absolute atomic E-state index is 5.38. The van der Waals surface area contributed by atoms with Crippen molar-refractivity contribution in [2.24, 2.45) is 5.84 Å². The summed E-state index contributed by atoms with van der Waals surface area (Å²) in [5.74, 6) is 6.28. The van der Waals surface area contributed by atoms with Crippen molar-refractivity contribution in [2.45, 2.75) is 25.9 Å². The second-order valence-corrected chi connectivity index (χ2v) is 4.51. The number of nitrogens with zero attached hydrogens (tertiary/aromatic N) is 1. The van der Waals surface area contributed by atoms with Crippen molar-refractivity contribution in [3.8, 4) is 5.75 Å². The van der Waals surface area contributed by atoms with Gasteiger partial charge in [0.2, 0.25) is 0 Å². The van der Waals surface area contributed by atoms with E-state index in [9.17, 15) is 0 Å². The van der Waals surface area contributed by atoms with Crippen molar-refractivity contribution in [1.82, 2.24) is 10.3 Å². The fourth-order valence-corrected chi connectivity index (χ4v) is 2.38. The summed E-state index contributed by atoms with van der Waals surface area (Å²) in [6.07, 6.45) is 2.65. The minimum absolute atomic E-state index is 0.636. The summed E-state index contributed by atoms with van der Waals surface area (Å²) in [5, 5.41) is 0. The number of hydrogen-bond donors (Lipinski definition) is 2. The van der Waals surface area contributed by atoms with E-state index >= 15 is 0 Å². The van der Waals surface area contributed by atoms with Crippen LogP contribution in [0.3, 0.4) is 0 Å². The third-order valence-corrected chi connectivity index (χ3v) is 3.24. The Morgan fingerprint density at radius 3 is 2.76 bits per heavy atom. The van der Waals surface area contributed by atoms with Crippen LogP contribution in [-0.2, 0) is 13.1 Å². The van der Waals surface area contributed by atoms with Crippen LogP contribution < -0.4 is 16.0 Å². The van der Waals surface area contributed by atoms with E-state index in [0.717, 1.165) is 17.9 Å². The summed E-state index contributed by atoms with van der Waals surface area (Å²) >= 11 is 0. The Bertz CT molecular complexity index is 362. The van der Waals surface area contributed by atoms with Gasteiger partial charge in [0.05, 0.1) is 7.11 Å². The first kappa shape index (κ1) is 12.4. The molecule has 1 fully saturated rings. The molecule has 0 amide bonds. The summed E-state index contributed by atoms with van der Waals surface area (Å²) in [5.41, 5.74) is 5.13. The Hall–Kier alpha value is -1.10. The van der Waals surface area contributed by atoms with Gasteiger partial charge in [-0.3, -0.25) is 16.2 Å². The monoisotopic (exact) mass is 235 g/mol. The molecule has 1 aliphatic heterocycles. The molecule has 1 aliphatic rings. The number of methoxy groups -OCH3 is 1. The van der Waals surface area contributed by atoms with E-state index in [1.807, 2.05) is 6.07 Å². The van der Waals surface area contributed by atoms with Crippen LogP contribution in [0.25, 0.3) is 0 Å². The molecule has 2 rings (SSSR count). The Morgan fingerprint density at radius 2 is 2.12 bits per heavy atom. The Morgan fingerprint density at radius 1 is 1.35 bits per heavy atom. The van der Waals surface area contributed by atoms with Gasteiger partial charge in [-0.1, -0.05) is 6.07 Å². The molecule has 0 aliphatic carbocycles. The number of nitrogens with one attached hydrogen (secondary N) is 1. The van der Waals surface area contributed by atoms with Crippen molar-refractivity contribution in [1.29, 1.82) is 0 Å². The van der Waals surface area contributed by atoms with Gasteiger partial charge in [0.15, 0.2) is 0 Å². The van der Waals surface area contributed by atoms with Gasteiger partial charge in [0.25, 0.3) is 0 Å². The standard InChI is InChI=1S/C13H21N3O/c1-17-13-5-4-11(8-12(13)9-15-14)10-16-6-2-3-7-16/h4-5,8,15H,2-3,6-7,9-10,14H2,1H3. The maximum Gasteiger partial charge on any atom is 0.123 e. The van der Waals surface area contributed by atoms with Crippen LogP contribution in [0.15, 0.2) is 18.2 Å². The third kappa shape index (κ3) is 3.19. The number of nitrogens with two attached hydrogens (primary N) is 1. The summed E-state index contributed by atoms with van der Waals surface area (Å²) in [7, 11) is 1.69. The fourth-order valence-electron chi connectivity index (χ4n) is 2.38. The largest absolute Gasteiger partial charge is 0.496 e. The average molecular weight is 235 g/mol. The van der Waals surface area contributed by atoms with Gasteiger partial charge < -0.3 is 4.74 Å². The normalized spacial score (nSPS) is 16.4. The van der Waals surface area contributed by atoms with Gasteiger partial charge in [-0.25, -0.2) is 0 Å². The highest BCUT2D eigenvalue weighted by atomic mass is 16.5. The van der Waals surface area contributed by atoms with E-state index in [1.165, 1.54) is 31.5 Å². The van der Waals surface area contributed by atoms with E-state index in [-0.39, 0.29) is 0 Å². The summed E-state index contributed by atoms with van der Waals surface area (Å²) in [6.45, 7) is 4.10. The topological polar surface area (TPSA) is 50.5 Å². The quantitative estimate of drug-likeness (QED) is 0.596. The molecule has 0 unspecified atom stereocenters. The molecule has 0 atom stereocenters. The molecule has 17 heavy (non-hydrogen) atoms. The maximum atomic E-state index is 5.38. The lowest BCUT2D eigenvalue weighted by molar-refractivity contribution is 0.331.